The fraction of sp³-hybridized carbons (Fsp3) is 0.786. The first-order valence-electron chi connectivity index (χ1n) is 7.30. The number of rotatable bonds is 3. The predicted octanol–water partition coefficient (Wildman–Crippen LogP) is 2.27. The number of amides is 1. The summed E-state index contributed by atoms with van der Waals surface area (Å²) >= 11 is 0. The van der Waals surface area contributed by atoms with Crippen molar-refractivity contribution in [3.8, 4) is 0 Å². The molecule has 3 rings (SSSR count). The summed E-state index contributed by atoms with van der Waals surface area (Å²) in [6, 6.07) is 0. The van der Waals surface area contributed by atoms with E-state index in [0.717, 1.165) is 19.5 Å². The van der Waals surface area contributed by atoms with Crippen LogP contribution in [-0.4, -0.2) is 34.0 Å². The van der Waals surface area contributed by atoms with Gasteiger partial charge in [0, 0.05) is 19.5 Å². The van der Waals surface area contributed by atoms with Gasteiger partial charge in [-0.3, -0.25) is 4.79 Å². The first-order chi connectivity index (χ1) is 9.22. The lowest BCUT2D eigenvalue weighted by Crippen LogP contribution is -2.49. The first-order valence-corrected chi connectivity index (χ1v) is 7.30. The fourth-order valence-electron chi connectivity index (χ4n) is 3.08. The van der Waals surface area contributed by atoms with Gasteiger partial charge in [0.05, 0.1) is 5.92 Å². The summed E-state index contributed by atoms with van der Waals surface area (Å²) in [5.41, 5.74) is 0. The van der Waals surface area contributed by atoms with Crippen LogP contribution in [0.1, 0.15) is 56.2 Å². The second-order valence-electron chi connectivity index (χ2n) is 5.88. The van der Waals surface area contributed by atoms with Gasteiger partial charge in [0.1, 0.15) is 0 Å². The SMILES string of the molecule is Cc1noc(C2CN(C(=O)CC3CCCCC3)C2)n1. The molecule has 0 bridgehead atoms. The van der Waals surface area contributed by atoms with Crippen LogP contribution in [0.2, 0.25) is 0 Å². The van der Waals surface area contributed by atoms with Crippen molar-refractivity contribution in [2.24, 2.45) is 5.92 Å². The van der Waals surface area contributed by atoms with E-state index in [1.165, 1.54) is 32.1 Å². The Bertz CT molecular complexity index is 445. The highest BCUT2D eigenvalue weighted by Crippen LogP contribution is 2.30. The number of carbonyl (C=O) groups excluding carboxylic acids is 1. The minimum absolute atomic E-state index is 0.247. The van der Waals surface area contributed by atoms with E-state index in [4.69, 9.17) is 4.52 Å². The maximum atomic E-state index is 12.1. The van der Waals surface area contributed by atoms with Crippen LogP contribution in [0.3, 0.4) is 0 Å². The molecule has 2 aliphatic rings. The van der Waals surface area contributed by atoms with Crippen molar-refractivity contribution in [3.63, 3.8) is 0 Å². The van der Waals surface area contributed by atoms with Gasteiger partial charge in [-0.15, -0.1) is 0 Å². The molecule has 1 amide bonds. The molecule has 5 heteroatoms. The first kappa shape index (κ1) is 12.6. The summed E-state index contributed by atoms with van der Waals surface area (Å²) in [5, 5.41) is 3.79. The molecule has 104 valence electrons. The number of hydrogen-bond acceptors (Lipinski definition) is 4. The molecule has 0 spiro atoms. The highest BCUT2D eigenvalue weighted by Gasteiger charge is 2.35. The van der Waals surface area contributed by atoms with Gasteiger partial charge in [-0.05, 0) is 25.7 Å². The quantitative estimate of drug-likeness (QED) is 0.839. The van der Waals surface area contributed by atoms with E-state index in [2.05, 4.69) is 10.1 Å². The molecular formula is C14H21N3O2. The van der Waals surface area contributed by atoms with E-state index < -0.39 is 0 Å². The lowest BCUT2D eigenvalue weighted by molar-refractivity contribution is -0.137. The molecule has 2 heterocycles. The Morgan fingerprint density at radius 1 is 1.32 bits per heavy atom. The highest BCUT2D eigenvalue weighted by molar-refractivity contribution is 5.77. The van der Waals surface area contributed by atoms with Gasteiger partial charge < -0.3 is 9.42 Å². The topological polar surface area (TPSA) is 59.2 Å². The minimum atomic E-state index is 0.247. The Hall–Kier alpha value is -1.39. The molecular weight excluding hydrogens is 242 g/mol. The second kappa shape index (κ2) is 5.31. The Labute approximate surface area is 113 Å². The Kier molecular flexibility index (Phi) is 3.53. The number of aromatic nitrogens is 2. The van der Waals surface area contributed by atoms with Crippen molar-refractivity contribution in [2.45, 2.75) is 51.4 Å². The third-order valence-electron chi connectivity index (χ3n) is 4.31. The molecule has 0 aromatic carbocycles. The lowest BCUT2D eigenvalue weighted by atomic mass is 9.86. The molecule has 1 saturated heterocycles. The smallest absolute Gasteiger partial charge is 0.233 e. The number of nitrogens with zero attached hydrogens (tertiary/aromatic N) is 3. The van der Waals surface area contributed by atoms with Gasteiger partial charge in [0.25, 0.3) is 0 Å². The standard InChI is InChI=1S/C14H21N3O2/c1-10-15-14(19-16-10)12-8-17(9-12)13(18)7-11-5-3-2-4-6-11/h11-12H,2-9H2,1H3. The molecule has 1 aromatic rings. The van der Waals surface area contributed by atoms with Crippen molar-refractivity contribution in [3.05, 3.63) is 11.7 Å². The number of aryl methyl sites for hydroxylation is 1. The van der Waals surface area contributed by atoms with E-state index in [9.17, 15) is 4.79 Å². The van der Waals surface area contributed by atoms with Gasteiger partial charge in [0.15, 0.2) is 5.82 Å². The summed E-state index contributed by atoms with van der Waals surface area (Å²) in [6.45, 7) is 3.30. The van der Waals surface area contributed by atoms with Crippen LogP contribution in [0.4, 0.5) is 0 Å². The van der Waals surface area contributed by atoms with Gasteiger partial charge >= 0.3 is 0 Å². The van der Waals surface area contributed by atoms with E-state index in [-0.39, 0.29) is 5.92 Å². The van der Waals surface area contributed by atoms with Crippen molar-refractivity contribution >= 4 is 5.91 Å². The van der Waals surface area contributed by atoms with Crippen LogP contribution in [0.15, 0.2) is 4.52 Å². The molecule has 1 aromatic heterocycles. The zero-order valence-corrected chi connectivity index (χ0v) is 11.5. The van der Waals surface area contributed by atoms with Crippen molar-refractivity contribution in [1.82, 2.24) is 15.0 Å². The molecule has 1 aliphatic heterocycles. The summed E-state index contributed by atoms with van der Waals surface area (Å²) in [7, 11) is 0. The largest absolute Gasteiger partial charge is 0.341 e. The molecule has 5 nitrogen and oxygen atoms in total. The van der Waals surface area contributed by atoms with E-state index >= 15 is 0 Å². The Morgan fingerprint density at radius 3 is 2.68 bits per heavy atom. The van der Waals surface area contributed by atoms with E-state index in [1.54, 1.807) is 0 Å². The number of carbonyl (C=O) groups is 1. The zero-order valence-electron chi connectivity index (χ0n) is 11.5. The lowest BCUT2D eigenvalue weighted by Gasteiger charge is -2.38. The van der Waals surface area contributed by atoms with Crippen LogP contribution >= 0.6 is 0 Å². The molecule has 0 atom stereocenters. The molecule has 1 saturated carbocycles. The van der Waals surface area contributed by atoms with Gasteiger partial charge in [0.2, 0.25) is 11.8 Å². The Morgan fingerprint density at radius 2 is 2.05 bits per heavy atom. The molecule has 0 radical (unpaired) electrons. The van der Waals surface area contributed by atoms with Gasteiger partial charge in [-0.25, -0.2) is 0 Å². The third-order valence-corrected chi connectivity index (χ3v) is 4.31. The van der Waals surface area contributed by atoms with Crippen LogP contribution in [0.25, 0.3) is 0 Å². The number of hydrogen-bond donors (Lipinski definition) is 0. The average molecular weight is 263 g/mol. The monoisotopic (exact) mass is 263 g/mol. The summed E-state index contributed by atoms with van der Waals surface area (Å²) in [5.74, 6) is 2.52. The highest BCUT2D eigenvalue weighted by atomic mass is 16.5. The second-order valence-corrected chi connectivity index (χ2v) is 5.88. The molecule has 0 unspecified atom stereocenters. The molecule has 19 heavy (non-hydrogen) atoms. The summed E-state index contributed by atoms with van der Waals surface area (Å²) < 4.78 is 5.15. The van der Waals surface area contributed by atoms with Crippen LogP contribution < -0.4 is 0 Å². The Balaban J connectivity index is 1.46. The average Bonchev–Trinajstić information content (AvgIpc) is 2.75. The normalized spacial score (nSPS) is 21.4. The fourth-order valence-corrected chi connectivity index (χ4v) is 3.08. The molecule has 0 N–H and O–H groups in total. The maximum Gasteiger partial charge on any atom is 0.233 e. The maximum absolute atomic E-state index is 12.1. The van der Waals surface area contributed by atoms with Crippen molar-refractivity contribution in [2.75, 3.05) is 13.1 Å². The summed E-state index contributed by atoms with van der Waals surface area (Å²) in [4.78, 5) is 18.3. The minimum Gasteiger partial charge on any atom is -0.341 e. The van der Waals surface area contributed by atoms with Gasteiger partial charge in [-0.2, -0.15) is 4.98 Å². The van der Waals surface area contributed by atoms with E-state index in [0.29, 0.717) is 23.5 Å². The summed E-state index contributed by atoms with van der Waals surface area (Å²) in [6.07, 6.45) is 7.12. The van der Waals surface area contributed by atoms with Crippen molar-refractivity contribution in [1.29, 1.82) is 0 Å². The van der Waals surface area contributed by atoms with Crippen LogP contribution in [-0.2, 0) is 4.79 Å². The number of likely N-dealkylation sites (tertiary alicyclic amines) is 1. The molecule has 1 aliphatic carbocycles. The van der Waals surface area contributed by atoms with Crippen LogP contribution in [0, 0.1) is 12.8 Å². The molecule has 2 fully saturated rings. The third kappa shape index (κ3) is 2.80. The van der Waals surface area contributed by atoms with Crippen LogP contribution in [0.5, 0.6) is 0 Å². The zero-order chi connectivity index (χ0) is 13.2. The van der Waals surface area contributed by atoms with Gasteiger partial charge in [-0.1, -0.05) is 24.4 Å². The van der Waals surface area contributed by atoms with E-state index in [1.807, 2.05) is 11.8 Å². The van der Waals surface area contributed by atoms with Crippen molar-refractivity contribution < 1.29 is 9.32 Å². The predicted molar refractivity (Wildman–Crippen MR) is 69.5 cm³/mol.